The second-order valence-corrected chi connectivity index (χ2v) is 9.27. The number of ketones is 2. The zero-order valence-corrected chi connectivity index (χ0v) is 15.0. The van der Waals surface area contributed by atoms with E-state index in [1.807, 2.05) is 6.08 Å². The summed E-state index contributed by atoms with van der Waals surface area (Å²) < 4.78 is 0. The molecular weight excluding hydrogens is 300 g/mol. The summed E-state index contributed by atoms with van der Waals surface area (Å²) in [4.78, 5) is 24.1. The average Bonchev–Trinajstić information content (AvgIpc) is 2.92. The lowest BCUT2D eigenvalue weighted by atomic mass is 9.46. The van der Waals surface area contributed by atoms with Crippen LogP contribution >= 0.6 is 0 Å². The molecule has 3 nitrogen and oxygen atoms in total. The van der Waals surface area contributed by atoms with Crippen LogP contribution in [-0.2, 0) is 9.59 Å². The van der Waals surface area contributed by atoms with Crippen molar-refractivity contribution in [2.45, 2.75) is 65.2 Å². The molecule has 1 N–H and O–H groups in total. The molecule has 0 aromatic heterocycles. The van der Waals surface area contributed by atoms with Gasteiger partial charge in [-0.1, -0.05) is 19.4 Å². The Morgan fingerprint density at radius 3 is 2.67 bits per heavy atom. The van der Waals surface area contributed by atoms with E-state index >= 15 is 0 Å². The number of carbonyl (C=O) groups is 2. The largest absolute Gasteiger partial charge is 0.389 e. The van der Waals surface area contributed by atoms with Crippen LogP contribution in [0.1, 0.15) is 65.2 Å². The van der Waals surface area contributed by atoms with Crippen LogP contribution in [0.4, 0.5) is 0 Å². The van der Waals surface area contributed by atoms with Crippen LogP contribution in [-0.4, -0.2) is 23.3 Å². The van der Waals surface area contributed by atoms with E-state index in [0.717, 1.165) is 32.1 Å². The minimum atomic E-state index is -0.298. The van der Waals surface area contributed by atoms with Gasteiger partial charge < -0.3 is 5.11 Å². The number of hydrogen-bond acceptors (Lipinski definition) is 3. The third-order valence-electron chi connectivity index (χ3n) is 8.51. The summed E-state index contributed by atoms with van der Waals surface area (Å²) in [5, 5.41) is 9.36. The fraction of sp³-hybridized carbons (Fsp3) is 0.810. The Bertz CT molecular complexity index is 606. The summed E-state index contributed by atoms with van der Waals surface area (Å²) >= 11 is 0. The number of Topliss-reactive ketones (excluding diaryl/α,β-unsaturated/α-hetero) is 1. The predicted octanol–water partition coefficient (Wildman–Crippen LogP) is 3.70. The molecule has 3 saturated carbocycles. The van der Waals surface area contributed by atoms with Crippen molar-refractivity contribution in [2.75, 3.05) is 6.61 Å². The molecule has 0 amide bonds. The van der Waals surface area contributed by atoms with Gasteiger partial charge in [-0.05, 0) is 79.6 Å². The molecule has 0 aromatic rings. The van der Waals surface area contributed by atoms with Gasteiger partial charge in [0.2, 0.25) is 0 Å². The quantitative estimate of drug-likeness (QED) is 0.840. The van der Waals surface area contributed by atoms with Crippen molar-refractivity contribution in [3.8, 4) is 0 Å². The van der Waals surface area contributed by atoms with E-state index in [4.69, 9.17) is 0 Å². The second-order valence-electron chi connectivity index (χ2n) is 9.27. The molecule has 0 heterocycles. The molecule has 0 spiro atoms. The maximum Gasteiger partial charge on any atom is 0.161 e. The molecule has 0 aliphatic heterocycles. The normalized spacial score (nSPS) is 47.5. The van der Waals surface area contributed by atoms with Crippen LogP contribution in [0, 0.1) is 34.5 Å². The number of fused-ring (bicyclic) bond motifs is 5. The van der Waals surface area contributed by atoms with E-state index < -0.39 is 0 Å². The smallest absolute Gasteiger partial charge is 0.161 e. The molecule has 0 unspecified atom stereocenters. The van der Waals surface area contributed by atoms with E-state index in [1.54, 1.807) is 0 Å². The van der Waals surface area contributed by atoms with Gasteiger partial charge in [-0.3, -0.25) is 9.59 Å². The Kier molecular flexibility index (Phi) is 3.80. The van der Waals surface area contributed by atoms with Gasteiger partial charge in [-0.25, -0.2) is 0 Å². The van der Waals surface area contributed by atoms with E-state index in [2.05, 4.69) is 13.8 Å². The first-order chi connectivity index (χ1) is 11.4. The van der Waals surface area contributed by atoms with E-state index in [0.29, 0.717) is 30.0 Å². The van der Waals surface area contributed by atoms with Crippen LogP contribution in [0.15, 0.2) is 11.6 Å². The number of aliphatic hydroxyl groups is 1. The van der Waals surface area contributed by atoms with Crippen molar-refractivity contribution < 1.29 is 14.7 Å². The van der Waals surface area contributed by atoms with Crippen LogP contribution in [0.2, 0.25) is 0 Å². The van der Waals surface area contributed by atoms with E-state index in [-0.39, 0.29) is 29.1 Å². The lowest BCUT2D eigenvalue weighted by Gasteiger charge is -2.58. The number of allylic oxidation sites excluding steroid dienone is 1. The Morgan fingerprint density at radius 1 is 1.12 bits per heavy atom. The van der Waals surface area contributed by atoms with Gasteiger partial charge >= 0.3 is 0 Å². The van der Waals surface area contributed by atoms with Crippen molar-refractivity contribution in [1.82, 2.24) is 0 Å². The van der Waals surface area contributed by atoms with Gasteiger partial charge in [0.1, 0.15) is 6.61 Å². The minimum absolute atomic E-state index is 0.0596. The minimum Gasteiger partial charge on any atom is -0.389 e. The topological polar surface area (TPSA) is 54.4 Å². The first-order valence-electron chi connectivity index (χ1n) is 9.77. The van der Waals surface area contributed by atoms with Crippen LogP contribution < -0.4 is 0 Å². The summed E-state index contributed by atoms with van der Waals surface area (Å²) in [5.41, 5.74) is 1.70. The Morgan fingerprint density at radius 2 is 1.92 bits per heavy atom. The zero-order chi connectivity index (χ0) is 17.1. The molecular formula is C21H30O3. The molecule has 3 heteroatoms. The third-order valence-corrected chi connectivity index (χ3v) is 8.51. The van der Waals surface area contributed by atoms with Gasteiger partial charge in [0.05, 0.1) is 0 Å². The molecule has 0 radical (unpaired) electrons. The predicted molar refractivity (Wildman–Crippen MR) is 92.3 cm³/mol. The van der Waals surface area contributed by atoms with Gasteiger partial charge in [-0.15, -0.1) is 0 Å². The van der Waals surface area contributed by atoms with E-state index in [9.17, 15) is 14.7 Å². The summed E-state index contributed by atoms with van der Waals surface area (Å²) in [5.74, 6) is 2.42. The van der Waals surface area contributed by atoms with Crippen LogP contribution in [0.25, 0.3) is 0 Å². The molecule has 0 bridgehead atoms. The Labute approximate surface area is 144 Å². The summed E-state index contributed by atoms with van der Waals surface area (Å²) in [6.07, 6.45) is 10.3. The highest BCUT2D eigenvalue weighted by atomic mass is 16.3. The SMILES string of the molecule is C[C@]12CC[C@H]3[C@@H](CCC4=CC(=O)CC[C@@]43C)[C@H]1CC[C@@H]2C(=O)CO. The highest BCUT2D eigenvalue weighted by Gasteiger charge is 2.59. The molecule has 0 aromatic carbocycles. The molecule has 0 saturated heterocycles. The van der Waals surface area contributed by atoms with Crippen molar-refractivity contribution in [3.63, 3.8) is 0 Å². The van der Waals surface area contributed by atoms with Crippen molar-refractivity contribution in [3.05, 3.63) is 11.6 Å². The van der Waals surface area contributed by atoms with Gasteiger partial charge in [0.15, 0.2) is 11.6 Å². The summed E-state index contributed by atoms with van der Waals surface area (Å²) in [7, 11) is 0. The lowest BCUT2D eigenvalue weighted by molar-refractivity contribution is -0.133. The molecule has 4 aliphatic carbocycles. The van der Waals surface area contributed by atoms with Crippen molar-refractivity contribution >= 4 is 11.6 Å². The third kappa shape index (κ3) is 2.13. The molecule has 3 fully saturated rings. The highest BCUT2D eigenvalue weighted by Crippen LogP contribution is 2.66. The number of rotatable bonds is 2. The second kappa shape index (κ2) is 5.52. The van der Waals surface area contributed by atoms with Crippen LogP contribution in [0.3, 0.4) is 0 Å². The maximum absolute atomic E-state index is 12.3. The average molecular weight is 330 g/mol. The first kappa shape index (κ1) is 16.5. The Balaban J connectivity index is 1.65. The van der Waals surface area contributed by atoms with Crippen molar-refractivity contribution in [1.29, 1.82) is 0 Å². The molecule has 4 aliphatic rings. The fourth-order valence-corrected chi connectivity index (χ4v) is 7.20. The monoisotopic (exact) mass is 330 g/mol. The number of carbonyl (C=O) groups excluding carboxylic acids is 2. The summed E-state index contributed by atoms with van der Waals surface area (Å²) in [6.45, 7) is 4.42. The molecule has 6 atom stereocenters. The van der Waals surface area contributed by atoms with Gasteiger partial charge in [0.25, 0.3) is 0 Å². The van der Waals surface area contributed by atoms with E-state index in [1.165, 1.54) is 18.4 Å². The summed E-state index contributed by atoms with van der Waals surface area (Å²) in [6, 6.07) is 0. The van der Waals surface area contributed by atoms with Crippen molar-refractivity contribution in [2.24, 2.45) is 34.5 Å². The molecule has 4 rings (SSSR count). The maximum atomic E-state index is 12.3. The number of aliphatic hydroxyl groups excluding tert-OH is 1. The fourth-order valence-electron chi connectivity index (χ4n) is 7.20. The molecule has 132 valence electrons. The highest BCUT2D eigenvalue weighted by molar-refractivity contribution is 5.91. The standard InChI is InChI=1S/C21H30O3/c1-20-9-7-14(23)11-13(20)3-4-15-16-5-6-18(19(24)12-22)21(16,2)10-8-17(15)20/h11,15-18,22H,3-10,12H2,1-2H3/t15-,16+,17-,18+,20-,21-/m0/s1. The Hall–Kier alpha value is -0.960. The van der Waals surface area contributed by atoms with Crippen LogP contribution in [0.5, 0.6) is 0 Å². The lowest BCUT2D eigenvalue weighted by Crippen LogP contribution is -2.51. The number of hydrogen-bond donors (Lipinski definition) is 1. The van der Waals surface area contributed by atoms with Gasteiger partial charge in [-0.2, -0.15) is 0 Å². The van der Waals surface area contributed by atoms with Gasteiger partial charge in [0, 0.05) is 12.3 Å². The molecule has 24 heavy (non-hydrogen) atoms. The first-order valence-corrected chi connectivity index (χ1v) is 9.77. The zero-order valence-electron chi connectivity index (χ0n) is 15.0.